The summed E-state index contributed by atoms with van der Waals surface area (Å²) in [7, 11) is 0. The van der Waals surface area contributed by atoms with Crippen molar-refractivity contribution in [3.05, 3.63) is 5.82 Å². The van der Waals surface area contributed by atoms with Crippen LogP contribution in [-0.2, 0) is 11.4 Å². The van der Waals surface area contributed by atoms with Crippen molar-refractivity contribution in [3.63, 3.8) is 0 Å². The summed E-state index contributed by atoms with van der Waals surface area (Å²) in [6.07, 6.45) is 2.40. The quantitative estimate of drug-likeness (QED) is 0.441. The van der Waals surface area contributed by atoms with Gasteiger partial charge >= 0.3 is 12.3 Å². The number of fused-ring (bicyclic) bond motifs is 1. The molecule has 2 aliphatic carbocycles. The molecule has 1 amide bonds. The fourth-order valence-electron chi connectivity index (χ4n) is 6.46. The Morgan fingerprint density at radius 2 is 1.85 bits per heavy atom. The molecule has 0 radical (unpaired) electrons. The number of imidazole rings is 1. The number of hydroxylamine groups is 1. The number of amides is 1. The molecule has 214 valence electrons. The van der Waals surface area contributed by atoms with E-state index < -0.39 is 24.5 Å². The first kappa shape index (κ1) is 26.4. The zero-order valence-corrected chi connectivity index (χ0v) is 22.4. The maximum absolute atomic E-state index is 14.1. The standard InChI is InChI=1S/C26H37F3N8O2/c1-14-8-10-16(11-9-14)13-37-19-20(30-15(2)17-5-3-6-17)31-22(23-34-25(38)39-35-23)32-21(19)33-24(37)36-12-4-7-18(36)26(27,28)29/h14-18,23,35H,3-13H2,1-2H3,(H,34,38)(H,30,31,32)/t14?,15-,16?,18+,23?/m1/s1. The van der Waals surface area contributed by atoms with Crippen LogP contribution in [-0.4, -0.2) is 50.4 Å². The number of rotatable bonds is 7. The molecule has 2 aromatic heterocycles. The number of nitrogens with one attached hydrogen (secondary N) is 3. The molecule has 4 fully saturated rings. The van der Waals surface area contributed by atoms with E-state index in [0.29, 0.717) is 53.6 Å². The Kier molecular flexibility index (Phi) is 6.96. The average Bonchev–Trinajstić information content (AvgIpc) is 3.57. The van der Waals surface area contributed by atoms with E-state index in [1.807, 2.05) is 4.57 Å². The van der Waals surface area contributed by atoms with Crippen LogP contribution in [0.4, 0.5) is 29.7 Å². The summed E-state index contributed by atoms with van der Waals surface area (Å²) in [4.78, 5) is 32.1. The summed E-state index contributed by atoms with van der Waals surface area (Å²) in [6, 6.07) is -1.47. The number of aromatic nitrogens is 4. The first-order valence-corrected chi connectivity index (χ1v) is 14.3. The van der Waals surface area contributed by atoms with Crippen LogP contribution < -0.4 is 21.0 Å². The highest BCUT2D eigenvalue weighted by molar-refractivity contribution is 5.86. The van der Waals surface area contributed by atoms with Gasteiger partial charge < -0.3 is 19.6 Å². The molecule has 0 spiro atoms. The number of nitrogens with zero attached hydrogens (tertiary/aromatic N) is 5. The van der Waals surface area contributed by atoms with Gasteiger partial charge in [0.25, 0.3) is 0 Å². The topological polar surface area (TPSA) is 109 Å². The number of hydrogen-bond donors (Lipinski definition) is 3. The lowest BCUT2D eigenvalue weighted by atomic mass is 9.80. The Labute approximate surface area is 225 Å². The second kappa shape index (κ2) is 10.3. The summed E-state index contributed by atoms with van der Waals surface area (Å²) >= 11 is 0. The summed E-state index contributed by atoms with van der Waals surface area (Å²) < 4.78 is 44.2. The van der Waals surface area contributed by atoms with Gasteiger partial charge in [0.1, 0.15) is 11.6 Å². The third kappa shape index (κ3) is 5.21. The molecule has 6 rings (SSSR count). The van der Waals surface area contributed by atoms with E-state index in [1.165, 1.54) is 11.3 Å². The molecule has 0 aromatic carbocycles. The van der Waals surface area contributed by atoms with Crippen molar-refractivity contribution < 1.29 is 22.8 Å². The highest BCUT2D eigenvalue weighted by Gasteiger charge is 2.48. The summed E-state index contributed by atoms with van der Waals surface area (Å²) in [5.74, 6) is 2.57. The summed E-state index contributed by atoms with van der Waals surface area (Å²) in [5.41, 5.74) is 3.52. The van der Waals surface area contributed by atoms with E-state index in [2.05, 4.69) is 34.9 Å². The van der Waals surface area contributed by atoms with E-state index in [0.717, 1.165) is 38.5 Å². The molecule has 2 aromatic rings. The van der Waals surface area contributed by atoms with Crippen molar-refractivity contribution in [3.8, 4) is 0 Å². The molecular weight excluding hydrogens is 513 g/mol. The van der Waals surface area contributed by atoms with Crippen molar-refractivity contribution in [1.29, 1.82) is 0 Å². The van der Waals surface area contributed by atoms with Crippen LogP contribution in [0.5, 0.6) is 0 Å². The van der Waals surface area contributed by atoms with Crippen molar-refractivity contribution in [2.24, 2.45) is 17.8 Å². The first-order valence-electron chi connectivity index (χ1n) is 14.3. The third-order valence-corrected chi connectivity index (χ3v) is 9.08. The lowest BCUT2D eigenvalue weighted by Gasteiger charge is -2.33. The van der Waals surface area contributed by atoms with Crippen molar-refractivity contribution >= 4 is 29.0 Å². The second-order valence-corrected chi connectivity index (χ2v) is 11.9. The van der Waals surface area contributed by atoms with Gasteiger partial charge in [0.2, 0.25) is 5.95 Å². The first-order chi connectivity index (χ1) is 18.7. The largest absolute Gasteiger partial charge is 0.427 e. The van der Waals surface area contributed by atoms with E-state index >= 15 is 0 Å². The van der Waals surface area contributed by atoms with Gasteiger partial charge in [-0.25, -0.2) is 14.8 Å². The molecule has 3 N–H and O–H groups in total. The number of hydrogen-bond acceptors (Lipinski definition) is 8. The van der Waals surface area contributed by atoms with Gasteiger partial charge in [-0.2, -0.15) is 18.2 Å². The van der Waals surface area contributed by atoms with Crippen LogP contribution in [0.1, 0.15) is 83.6 Å². The van der Waals surface area contributed by atoms with Gasteiger partial charge in [0.15, 0.2) is 23.5 Å². The Morgan fingerprint density at radius 1 is 1.08 bits per heavy atom. The normalized spacial score (nSPS) is 28.8. The zero-order chi connectivity index (χ0) is 27.3. The minimum atomic E-state index is -4.36. The van der Waals surface area contributed by atoms with Crippen LogP contribution in [0.25, 0.3) is 11.2 Å². The Balaban J connectivity index is 1.46. The zero-order valence-electron chi connectivity index (χ0n) is 22.4. The van der Waals surface area contributed by atoms with Crippen molar-refractivity contribution in [1.82, 2.24) is 30.3 Å². The highest BCUT2D eigenvalue weighted by atomic mass is 19.4. The number of anilines is 2. The van der Waals surface area contributed by atoms with Gasteiger partial charge in [-0.15, -0.1) is 5.48 Å². The lowest BCUT2D eigenvalue weighted by molar-refractivity contribution is -0.146. The van der Waals surface area contributed by atoms with Gasteiger partial charge in [-0.1, -0.05) is 26.2 Å². The Hall–Kier alpha value is -2.83. The third-order valence-electron chi connectivity index (χ3n) is 9.08. The molecule has 2 aliphatic heterocycles. The summed E-state index contributed by atoms with van der Waals surface area (Å²) in [5, 5.41) is 6.17. The molecule has 2 saturated heterocycles. The van der Waals surface area contributed by atoms with Crippen molar-refractivity contribution in [2.45, 2.75) is 103 Å². The van der Waals surface area contributed by atoms with Gasteiger partial charge in [0, 0.05) is 19.1 Å². The smallest absolute Gasteiger partial charge is 0.365 e. The number of carbonyl (C=O) groups is 1. The molecule has 4 aliphatic rings. The predicted octanol–water partition coefficient (Wildman–Crippen LogP) is 5.03. The molecule has 2 saturated carbocycles. The number of halogens is 3. The van der Waals surface area contributed by atoms with Crippen LogP contribution in [0, 0.1) is 17.8 Å². The Morgan fingerprint density at radius 3 is 2.49 bits per heavy atom. The molecule has 10 nitrogen and oxygen atoms in total. The van der Waals surface area contributed by atoms with Crippen LogP contribution in [0.15, 0.2) is 0 Å². The molecule has 0 bridgehead atoms. The van der Waals surface area contributed by atoms with E-state index in [4.69, 9.17) is 14.8 Å². The van der Waals surface area contributed by atoms with Gasteiger partial charge in [0.05, 0.1) is 0 Å². The minimum Gasteiger partial charge on any atom is -0.365 e. The fraction of sp³-hybridized carbons (Fsp3) is 0.769. The molecule has 39 heavy (non-hydrogen) atoms. The van der Waals surface area contributed by atoms with Crippen LogP contribution >= 0.6 is 0 Å². The van der Waals surface area contributed by atoms with Crippen LogP contribution in [0.2, 0.25) is 0 Å². The van der Waals surface area contributed by atoms with Gasteiger partial charge in [-0.05, 0) is 63.2 Å². The minimum absolute atomic E-state index is 0.0454. The maximum atomic E-state index is 14.1. The molecular formula is C26H37F3N8O2. The molecule has 1 unspecified atom stereocenters. The predicted molar refractivity (Wildman–Crippen MR) is 139 cm³/mol. The summed E-state index contributed by atoms with van der Waals surface area (Å²) in [6.45, 7) is 5.22. The second-order valence-electron chi connectivity index (χ2n) is 11.9. The van der Waals surface area contributed by atoms with E-state index in [1.54, 1.807) is 0 Å². The Bertz CT molecular complexity index is 1210. The molecule has 13 heteroatoms. The van der Waals surface area contributed by atoms with Crippen LogP contribution in [0.3, 0.4) is 0 Å². The molecule has 4 heterocycles. The number of carbonyl (C=O) groups excluding carboxylic acids is 1. The van der Waals surface area contributed by atoms with Gasteiger partial charge in [-0.3, -0.25) is 5.32 Å². The van der Waals surface area contributed by atoms with E-state index in [9.17, 15) is 18.0 Å². The average molecular weight is 551 g/mol. The molecule has 3 atom stereocenters. The van der Waals surface area contributed by atoms with E-state index in [-0.39, 0.29) is 24.8 Å². The number of alkyl halides is 3. The lowest BCUT2D eigenvalue weighted by Crippen LogP contribution is -2.42. The highest BCUT2D eigenvalue weighted by Crippen LogP contribution is 2.40. The van der Waals surface area contributed by atoms with Crippen molar-refractivity contribution in [2.75, 3.05) is 16.8 Å². The maximum Gasteiger partial charge on any atom is 0.427 e. The fourth-order valence-corrected chi connectivity index (χ4v) is 6.46. The SMILES string of the molecule is CC1CCC(Cn2c(N3CCC[C@H]3C(F)(F)F)nc3nc(C4NOC(=O)N4)nc(N[C@H](C)C4CCC4)c32)CC1. The monoisotopic (exact) mass is 550 g/mol.